The maximum atomic E-state index is 3.85. The van der Waals surface area contributed by atoms with Crippen LogP contribution < -0.4 is 5.32 Å². The van der Waals surface area contributed by atoms with E-state index in [-0.39, 0.29) is 0 Å². The number of piperazine rings is 1. The van der Waals surface area contributed by atoms with Gasteiger partial charge in [0.1, 0.15) is 0 Å². The van der Waals surface area contributed by atoms with Crippen LogP contribution in [-0.4, -0.2) is 30.1 Å². The van der Waals surface area contributed by atoms with E-state index in [4.69, 9.17) is 0 Å². The number of unbranched alkanes of at least 4 members (excludes halogenated alkanes) is 1. The van der Waals surface area contributed by atoms with Crippen molar-refractivity contribution < 1.29 is 0 Å². The SMILES string of the molecule is CCCCN1CC(CC)(CC)NCC1c1ccccc1. The predicted octanol–water partition coefficient (Wildman–Crippen LogP) is 3.99. The van der Waals surface area contributed by atoms with E-state index < -0.39 is 0 Å². The summed E-state index contributed by atoms with van der Waals surface area (Å²) in [6.07, 6.45) is 5.00. The molecule has 0 amide bonds. The first-order valence-electron chi connectivity index (χ1n) is 8.28. The van der Waals surface area contributed by atoms with Gasteiger partial charge in [0.25, 0.3) is 0 Å². The molecule has 2 nitrogen and oxygen atoms in total. The predicted molar refractivity (Wildman–Crippen MR) is 87.0 cm³/mol. The molecule has 0 aliphatic carbocycles. The van der Waals surface area contributed by atoms with Crippen molar-refractivity contribution in [2.24, 2.45) is 0 Å². The molecule has 1 unspecified atom stereocenters. The summed E-state index contributed by atoms with van der Waals surface area (Å²) in [5.74, 6) is 0. The van der Waals surface area contributed by atoms with Gasteiger partial charge in [-0.25, -0.2) is 0 Å². The van der Waals surface area contributed by atoms with Gasteiger partial charge in [-0.05, 0) is 31.4 Å². The number of hydrogen-bond acceptors (Lipinski definition) is 2. The minimum atomic E-state index is 0.318. The summed E-state index contributed by atoms with van der Waals surface area (Å²) in [6.45, 7) is 10.4. The molecule has 0 bridgehead atoms. The Hall–Kier alpha value is -0.860. The van der Waals surface area contributed by atoms with Gasteiger partial charge in [-0.1, -0.05) is 57.5 Å². The summed E-state index contributed by atoms with van der Waals surface area (Å²) in [4.78, 5) is 2.71. The van der Waals surface area contributed by atoms with Crippen LogP contribution in [0.1, 0.15) is 58.1 Å². The minimum absolute atomic E-state index is 0.318. The highest BCUT2D eigenvalue weighted by atomic mass is 15.3. The molecule has 1 N–H and O–H groups in total. The molecule has 0 aromatic heterocycles. The maximum absolute atomic E-state index is 3.85. The lowest BCUT2D eigenvalue weighted by atomic mass is 9.87. The van der Waals surface area contributed by atoms with E-state index >= 15 is 0 Å². The van der Waals surface area contributed by atoms with E-state index in [0.717, 1.165) is 6.54 Å². The zero-order valence-electron chi connectivity index (χ0n) is 13.4. The van der Waals surface area contributed by atoms with Crippen molar-refractivity contribution in [1.82, 2.24) is 10.2 Å². The van der Waals surface area contributed by atoms with Crippen molar-refractivity contribution in [3.05, 3.63) is 35.9 Å². The molecule has 2 rings (SSSR count). The maximum Gasteiger partial charge on any atom is 0.0473 e. The molecular weight excluding hydrogens is 244 g/mol. The highest BCUT2D eigenvalue weighted by Gasteiger charge is 2.36. The van der Waals surface area contributed by atoms with E-state index in [0.29, 0.717) is 11.6 Å². The molecule has 2 heteroatoms. The second kappa shape index (κ2) is 7.24. The summed E-state index contributed by atoms with van der Waals surface area (Å²) in [7, 11) is 0. The molecule has 1 aromatic carbocycles. The second-order valence-electron chi connectivity index (χ2n) is 6.12. The van der Waals surface area contributed by atoms with Gasteiger partial charge in [-0.15, -0.1) is 0 Å². The fraction of sp³-hybridized carbons (Fsp3) is 0.667. The Morgan fingerprint density at radius 2 is 1.85 bits per heavy atom. The lowest BCUT2D eigenvalue weighted by molar-refractivity contribution is 0.0710. The van der Waals surface area contributed by atoms with E-state index in [2.05, 4.69) is 61.3 Å². The van der Waals surface area contributed by atoms with Crippen LogP contribution in [0, 0.1) is 0 Å². The van der Waals surface area contributed by atoms with Gasteiger partial charge in [0.15, 0.2) is 0 Å². The Balaban J connectivity index is 2.15. The van der Waals surface area contributed by atoms with Gasteiger partial charge in [0, 0.05) is 24.7 Å². The first kappa shape index (κ1) is 15.5. The topological polar surface area (TPSA) is 15.3 Å². The average Bonchev–Trinajstić information content (AvgIpc) is 2.53. The van der Waals surface area contributed by atoms with Crippen LogP contribution in [0.5, 0.6) is 0 Å². The van der Waals surface area contributed by atoms with E-state index in [1.165, 1.54) is 44.3 Å². The second-order valence-corrected chi connectivity index (χ2v) is 6.12. The van der Waals surface area contributed by atoms with E-state index in [9.17, 15) is 0 Å². The number of nitrogens with zero attached hydrogens (tertiary/aromatic N) is 1. The third-order valence-electron chi connectivity index (χ3n) is 4.95. The van der Waals surface area contributed by atoms with Crippen LogP contribution in [0.25, 0.3) is 0 Å². The normalized spacial score (nSPS) is 22.9. The lowest BCUT2D eigenvalue weighted by Crippen LogP contribution is -2.60. The van der Waals surface area contributed by atoms with E-state index in [1.807, 2.05) is 0 Å². The standard InChI is InChI=1S/C18H30N2/c1-4-7-13-20-15-18(5-2,6-3)19-14-17(20)16-11-9-8-10-12-16/h8-12,17,19H,4-7,13-15H2,1-3H3. The van der Waals surface area contributed by atoms with Gasteiger partial charge in [0.2, 0.25) is 0 Å². The van der Waals surface area contributed by atoms with Crippen LogP contribution in [0.3, 0.4) is 0 Å². The number of hydrogen-bond donors (Lipinski definition) is 1. The van der Waals surface area contributed by atoms with Crippen LogP contribution in [-0.2, 0) is 0 Å². The zero-order valence-corrected chi connectivity index (χ0v) is 13.4. The van der Waals surface area contributed by atoms with Gasteiger partial charge < -0.3 is 5.32 Å². The van der Waals surface area contributed by atoms with Gasteiger partial charge in [-0.2, -0.15) is 0 Å². The van der Waals surface area contributed by atoms with Crippen molar-refractivity contribution in [3.63, 3.8) is 0 Å². The Morgan fingerprint density at radius 1 is 1.15 bits per heavy atom. The molecule has 1 heterocycles. The molecule has 0 radical (unpaired) electrons. The van der Waals surface area contributed by atoms with Crippen LogP contribution >= 0.6 is 0 Å². The number of nitrogens with one attached hydrogen (secondary N) is 1. The van der Waals surface area contributed by atoms with E-state index in [1.54, 1.807) is 0 Å². The fourth-order valence-corrected chi connectivity index (χ4v) is 3.32. The van der Waals surface area contributed by atoms with Crippen molar-refractivity contribution in [3.8, 4) is 0 Å². The zero-order chi connectivity index (χ0) is 14.4. The minimum Gasteiger partial charge on any atom is -0.308 e. The third kappa shape index (κ3) is 3.42. The lowest BCUT2D eigenvalue weighted by Gasteiger charge is -2.48. The van der Waals surface area contributed by atoms with Crippen molar-refractivity contribution in [2.75, 3.05) is 19.6 Å². The van der Waals surface area contributed by atoms with Gasteiger partial charge in [-0.3, -0.25) is 4.90 Å². The molecule has 1 atom stereocenters. The first-order valence-corrected chi connectivity index (χ1v) is 8.28. The molecule has 1 aromatic rings. The summed E-state index contributed by atoms with van der Waals surface area (Å²) in [5, 5.41) is 3.85. The quantitative estimate of drug-likeness (QED) is 0.843. The van der Waals surface area contributed by atoms with Crippen LogP contribution in [0.15, 0.2) is 30.3 Å². The summed E-state index contributed by atoms with van der Waals surface area (Å²) >= 11 is 0. The Labute approximate surface area is 124 Å². The number of rotatable bonds is 6. The molecule has 0 spiro atoms. The highest BCUT2D eigenvalue weighted by Crippen LogP contribution is 2.30. The molecule has 1 aliphatic rings. The van der Waals surface area contributed by atoms with Gasteiger partial charge in [0.05, 0.1) is 0 Å². The summed E-state index contributed by atoms with van der Waals surface area (Å²) in [5.41, 5.74) is 1.77. The smallest absolute Gasteiger partial charge is 0.0473 e. The molecule has 1 aliphatic heterocycles. The summed E-state index contributed by atoms with van der Waals surface area (Å²) in [6, 6.07) is 11.5. The molecule has 20 heavy (non-hydrogen) atoms. The molecule has 0 saturated carbocycles. The molecular formula is C18H30N2. The number of benzene rings is 1. The molecule has 112 valence electrons. The largest absolute Gasteiger partial charge is 0.308 e. The third-order valence-corrected chi connectivity index (χ3v) is 4.95. The van der Waals surface area contributed by atoms with Crippen molar-refractivity contribution in [1.29, 1.82) is 0 Å². The highest BCUT2D eigenvalue weighted by molar-refractivity contribution is 5.21. The first-order chi connectivity index (χ1) is 9.74. The monoisotopic (exact) mass is 274 g/mol. The van der Waals surface area contributed by atoms with Crippen molar-refractivity contribution in [2.45, 2.75) is 58.0 Å². The Bertz CT molecular complexity index is 384. The van der Waals surface area contributed by atoms with Crippen LogP contribution in [0.4, 0.5) is 0 Å². The fourth-order valence-electron chi connectivity index (χ4n) is 3.32. The Kier molecular flexibility index (Phi) is 5.62. The molecule has 1 fully saturated rings. The summed E-state index contributed by atoms with van der Waals surface area (Å²) < 4.78 is 0. The van der Waals surface area contributed by atoms with Crippen LogP contribution in [0.2, 0.25) is 0 Å². The van der Waals surface area contributed by atoms with Crippen molar-refractivity contribution >= 4 is 0 Å². The molecule has 1 saturated heterocycles. The van der Waals surface area contributed by atoms with Gasteiger partial charge >= 0.3 is 0 Å². The average molecular weight is 274 g/mol. The Morgan fingerprint density at radius 3 is 2.45 bits per heavy atom.